The van der Waals surface area contributed by atoms with Crippen LogP contribution in [0.15, 0.2) is 90.3 Å². The second-order valence-electron chi connectivity index (χ2n) is 10.2. The van der Waals surface area contributed by atoms with Gasteiger partial charge < -0.3 is 14.7 Å². The Morgan fingerprint density at radius 2 is 1.65 bits per heavy atom. The van der Waals surface area contributed by atoms with Crippen molar-refractivity contribution in [1.29, 1.82) is 0 Å². The van der Waals surface area contributed by atoms with Gasteiger partial charge in [0.15, 0.2) is 0 Å². The molecule has 4 aromatic rings. The third-order valence-corrected chi connectivity index (χ3v) is 6.38. The van der Waals surface area contributed by atoms with E-state index in [-0.39, 0.29) is 18.8 Å². The number of nitrogens with zero attached hydrogens (tertiary/aromatic N) is 3. The monoisotopic (exact) mass is 543 g/mol. The lowest BCUT2D eigenvalue weighted by Gasteiger charge is -2.13. The van der Waals surface area contributed by atoms with Crippen molar-refractivity contribution in [1.82, 2.24) is 9.78 Å². The number of aromatic nitrogens is 2. The van der Waals surface area contributed by atoms with Crippen LogP contribution in [-0.4, -0.2) is 26.6 Å². The van der Waals surface area contributed by atoms with Gasteiger partial charge in [0.2, 0.25) is 0 Å². The molecular weight excluding hydrogens is 509 g/mol. The van der Waals surface area contributed by atoms with Gasteiger partial charge >= 0.3 is 5.97 Å². The van der Waals surface area contributed by atoms with Crippen molar-refractivity contribution < 1.29 is 23.9 Å². The predicted molar refractivity (Wildman–Crippen MR) is 152 cm³/mol. The Morgan fingerprint density at radius 1 is 0.950 bits per heavy atom. The third kappa shape index (κ3) is 8.27. The SMILES string of the molecule is C/C(=N\OCc1cccc(F)c1)C(Cc1ccc(OCc2cnn(-c3ccc(CC(C)C)cc3)c2)cc1)C(=O)O. The number of rotatable bonds is 13. The lowest BCUT2D eigenvalue weighted by atomic mass is 9.95. The van der Waals surface area contributed by atoms with Crippen molar-refractivity contribution in [3.63, 3.8) is 0 Å². The quantitative estimate of drug-likeness (QED) is 0.151. The Morgan fingerprint density at radius 3 is 2.33 bits per heavy atom. The summed E-state index contributed by atoms with van der Waals surface area (Å²) in [4.78, 5) is 17.2. The minimum atomic E-state index is -0.998. The molecule has 0 aliphatic rings. The molecule has 1 atom stereocenters. The van der Waals surface area contributed by atoms with E-state index in [1.165, 1.54) is 17.7 Å². The van der Waals surface area contributed by atoms with E-state index >= 15 is 0 Å². The fraction of sp³-hybridized carbons (Fsp3) is 0.281. The number of benzene rings is 3. The summed E-state index contributed by atoms with van der Waals surface area (Å²) >= 11 is 0. The van der Waals surface area contributed by atoms with E-state index in [1.807, 2.05) is 35.1 Å². The summed E-state index contributed by atoms with van der Waals surface area (Å²) in [5.74, 6) is -0.934. The van der Waals surface area contributed by atoms with Crippen LogP contribution in [0.25, 0.3) is 5.69 Å². The Balaban J connectivity index is 1.29. The number of carboxylic acids is 1. The smallest absolute Gasteiger partial charge is 0.312 e. The summed E-state index contributed by atoms with van der Waals surface area (Å²) in [6.07, 6.45) is 5.03. The molecule has 1 N–H and O–H groups in total. The molecule has 1 heterocycles. The molecule has 0 bridgehead atoms. The molecule has 0 aliphatic carbocycles. The van der Waals surface area contributed by atoms with Crippen LogP contribution in [0, 0.1) is 17.7 Å². The highest BCUT2D eigenvalue weighted by Crippen LogP contribution is 2.19. The minimum Gasteiger partial charge on any atom is -0.489 e. The molecule has 4 rings (SSSR count). The van der Waals surface area contributed by atoms with Gasteiger partial charge in [-0.25, -0.2) is 9.07 Å². The molecule has 0 fully saturated rings. The third-order valence-electron chi connectivity index (χ3n) is 6.38. The standard InChI is InChI=1S/C32H34FN3O4/c1-22(2)15-24-7-11-29(12-8-24)36-19-27(18-34-36)20-39-30-13-9-25(10-14-30)17-31(32(37)38)23(3)35-40-21-26-5-4-6-28(33)16-26/h4-14,16,18-19,22,31H,15,17,20-21H2,1-3H3,(H,37,38)/b35-23+. The van der Waals surface area contributed by atoms with Gasteiger partial charge in [0.25, 0.3) is 0 Å². The zero-order valence-electron chi connectivity index (χ0n) is 23.0. The Bertz CT molecular complexity index is 1430. The Kier molecular flexibility index (Phi) is 9.67. The maximum atomic E-state index is 13.3. The van der Waals surface area contributed by atoms with E-state index in [9.17, 15) is 14.3 Å². The minimum absolute atomic E-state index is 0.0525. The van der Waals surface area contributed by atoms with E-state index in [4.69, 9.17) is 9.57 Å². The lowest BCUT2D eigenvalue weighted by molar-refractivity contribution is -0.139. The second-order valence-corrected chi connectivity index (χ2v) is 10.2. The van der Waals surface area contributed by atoms with Gasteiger partial charge in [-0.1, -0.05) is 55.4 Å². The molecule has 0 aliphatic heterocycles. The number of carbonyl (C=O) groups is 1. The maximum Gasteiger partial charge on any atom is 0.312 e. The van der Waals surface area contributed by atoms with Gasteiger partial charge in [-0.15, -0.1) is 0 Å². The van der Waals surface area contributed by atoms with Crippen molar-refractivity contribution >= 4 is 11.7 Å². The summed E-state index contributed by atoms with van der Waals surface area (Å²) in [5.41, 5.74) is 5.01. The number of hydrogen-bond donors (Lipinski definition) is 1. The Hall–Kier alpha value is -4.46. The van der Waals surface area contributed by atoms with Crippen molar-refractivity contribution in [2.45, 2.75) is 46.8 Å². The number of hydrogen-bond acceptors (Lipinski definition) is 5. The number of halogens is 1. The van der Waals surface area contributed by atoms with Gasteiger partial charge in [-0.05, 0) is 78.8 Å². The van der Waals surface area contributed by atoms with Crippen LogP contribution in [0.1, 0.15) is 43.0 Å². The number of ether oxygens (including phenoxy) is 1. The summed E-state index contributed by atoms with van der Waals surface area (Å²) in [5, 5.41) is 18.2. The van der Waals surface area contributed by atoms with Crippen LogP contribution < -0.4 is 4.74 Å². The summed E-state index contributed by atoms with van der Waals surface area (Å²) in [7, 11) is 0. The highest BCUT2D eigenvalue weighted by Gasteiger charge is 2.22. The molecule has 0 amide bonds. The van der Waals surface area contributed by atoms with Crippen molar-refractivity contribution in [2.75, 3.05) is 0 Å². The van der Waals surface area contributed by atoms with Crippen LogP contribution in [0.2, 0.25) is 0 Å². The van der Waals surface area contributed by atoms with Gasteiger partial charge in [-0.3, -0.25) is 4.79 Å². The molecule has 0 saturated heterocycles. The first-order chi connectivity index (χ1) is 19.3. The Labute approximate surface area is 233 Å². The van der Waals surface area contributed by atoms with Gasteiger partial charge in [0.05, 0.1) is 17.6 Å². The van der Waals surface area contributed by atoms with Crippen molar-refractivity contribution in [2.24, 2.45) is 17.0 Å². The summed E-state index contributed by atoms with van der Waals surface area (Å²) < 4.78 is 21.1. The van der Waals surface area contributed by atoms with Crippen molar-refractivity contribution in [3.05, 3.63) is 113 Å². The molecule has 208 valence electrons. The van der Waals surface area contributed by atoms with E-state index in [0.29, 0.717) is 29.5 Å². The first-order valence-corrected chi connectivity index (χ1v) is 13.2. The first kappa shape index (κ1) is 28.5. The van der Waals surface area contributed by atoms with Gasteiger partial charge in [0.1, 0.15) is 30.7 Å². The highest BCUT2D eigenvalue weighted by atomic mass is 19.1. The molecule has 7 nitrogen and oxygen atoms in total. The normalized spacial score (nSPS) is 12.4. The highest BCUT2D eigenvalue weighted by molar-refractivity contribution is 6.00. The van der Waals surface area contributed by atoms with E-state index in [1.54, 1.807) is 25.3 Å². The van der Waals surface area contributed by atoms with E-state index in [0.717, 1.165) is 23.2 Å². The molecule has 0 saturated carbocycles. The van der Waals surface area contributed by atoms with Crippen LogP contribution >= 0.6 is 0 Å². The molecule has 0 spiro atoms. The van der Waals surface area contributed by atoms with Gasteiger partial charge in [0, 0.05) is 11.8 Å². The predicted octanol–water partition coefficient (Wildman–Crippen LogP) is 6.62. The first-order valence-electron chi connectivity index (χ1n) is 13.2. The van der Waals surface area contributed by atoms with Crippen LogP contribution in [0.3, 0.4) is 0 Å². The topological polar surface area (TPSA) is 85.9 Å². The van der Waals surface area contributed by atoms with Crippen LogP contribution in [-0.2, 0) is 35.7 Å². The molecule has 40 heavy (non-hydrogen) atoms. The molecule has 1 aromatic heterocycles. The zero-order chi connectivity index (χ0) is 28.5. The molecule has 8 heteroatoms. The lowest BCUT2D eigenvalue weighted by Crippen LogP contribution is -2.24. The van der Waals surface area contributed by atoms with E-state index < -0.39 is 11.9 Å². The van der Waals surface area contributed by atoms with Crippen LogP contribution in [0.5, 0.6) is 5.75 Å². The average Bonchev–Trinajstić information content (AvgIpc) is 3.40. The van der Waals surface area contributed by atoms with Crippen molar-refractivity contribution in [3.8, 4) is 11.4 Å². The van der Waals surface area contributed by atoms with Gasteiger partial charge in [-0.2, -0.15) is 5.10 Å². The van der Waals surface area contributed by atoms with Crippen LogP contribution in [0.4, 0.5) is 4.39 Å². The molecule has 1 unspecified atom stereocenters. The number of carboxylic acid groups (broad SMARTS) is 1. The fourth-order valence-corrected chi connectivity index (χ4v) is 4.27. The largest absolute Gasteiger partial charge is 0.489 e. The average molecular weight is 544 g/mol. The molecular formula is C32H34FN3O4. The molecule has 0 radical (unpaired) electrons. The summed E-state index contributed by atoms with van der Waals surface area (Å²) in [6, 6.07) is 21.7. The second kappa shape index (κ2) is 13.6. The maximum absolute atomic E-state index is 13.3. The fourth-order valence-electron chi connectivity index (χ4n) is 4.27. The number of aliphatic carboxylic acids is 1. The summed E-state index contributed by atoms with van der Waals surface area (Å²) in [6.45, 7) is 6.44. The number of oxime groups is 1. The molecule has 3 aromatic carbocycles. The van der Waals surface area contributed by atoms with E-state index in [2.05, 4.69) is 48.4 Å². The zero-order valence-corrected chi connectivity index (χ0v) is 23.0.